The lowest BCUT2D eigenvalue weighted by Crippen LogP contribution is -2.32. The van der Waals surface area contributed by atoms with E-state index in [1.807, 2.05) is 0 Å². The molecule has 0 aliphatic rings. The van der Waals surface area contributed by atoms with E-state index in [-0.39, 0.29) is 31.1 Å². The summed E-state index contributed by atoms with van der Waals surface area (Å²) in [6.45, 7) is 0.139. The van der Waals surface area contributed by atoms with E-state index < -0.39 is 16.8 Å². The van der Waals surface area contributed by atoms with Crippen molar-refractivity contribution in [3.8, 4) is 0 Å². The summed E-state index contributed by atoms with van der Waals surface area (Å²) < 4.78 is 1.30. The van der Waals surface area contributed by atoms with E-state index in [0.717, 1.165) is 6.20 Å². The highest BCUT2D eigenvalue weighted by Crippen LogP contribution is 2.14. The number of rotatable bonds is 8. The Morgan fingerprint density at radius 2 is 2.04 bits per heavy atom. The summed E-state index contributed by atoms with van der Waals surface area (Å²) in [5.41, 5.74) is 0.457. The largest absolute Gasteiger partial charge is 0.481 e. The lowest BCUT2D eigenvalue weighted by Gasteiger charge is -2.13. The number of hydrogen-bond acceptors (Lipinski definition) is 5. The van der Waals surface area contributed by atoms with Crippen LogP contribution in [0.4, 0.5) is 5.69 Å². The molecule has 1 unspecified atom stereocenters. The second kappa shape index (κ2) is 7.86. The smallest absolute Gasteiger partial charge is 0.312 e. The summed E-state index contributed by atoms with van der Waals surface area (Å²) in [6.07, 6.45) is 2.38. The number of carboxylic acids is 1. The molecule has 1 atom stereocenters. The number of benzene rings is 1. The Bertz CT molecular complexity index is 728. The van der Waals surface area contributed by atoms with E-state index in [2.05, 4.69) is 10.4 Å². The molecule has 24 heavy (non-hydrogen) atoms. The van der Waals surface area contributed by atoms with Gasteiger partial charge < -0.3 is 10.4 Å². The van der Waals surface area contributed by atoms with Crippen molar-refractivity contribution in [2.45, 2.75) is 18.9 Å². The predicted octanol–water partition coefficient (Wildman–Crippen LogP) is 1.17. The number of nitrogens with zero attached hydrogens (tertiary/aromatic N) is 3. The number of aromatic nitrogens is 2. The van der Waals surface area contributed by atoms with E-state index in [9.17, 15) is 24.8 Å². The first kappa shape index (κ1) is 17.1. The summed E-state index contributed by atoms with van der Waals surface area (Å²) in [4.78, 5) is 33.1. The fourth-order valence-corrected chi connectivity index (χ4v) is 2.12. The van der Waals surface area contributed by atoms with Gasteiger partial charge in [0.25, 0.3) is 0 Å². The average Bonchev–Trinajstić information content (AvgIpc) is 3.03. The molecular formula is C15H16N4O5. The molecule has 1 aromatic heterocycles. The molecule has 0 saturated heterocycles. The molecule has 0 spiro atoms. The lowest BCUT2D eigenvalue weighted by atomic mass is 9.99. The van der Waals surface area contributed by atoms with Crippen LogP contribution in [0.5, 0.6) is 0 Å². The number of nitrogens with one attached hydrogen (secondary N) is 1. The van der Waals surface area contributed by atoms with Crippen LogP contribution >= 0.6 is 0 Å². The number of carbonyl (C=O) groups is 2. The first-order chi connectivity index (χ1) is 11.5. The topological polar surface area (TPSA) is 127 Å². The van der Waals surface area contributed by atoms with Crippen LogP contribution in [-0.4, -0.2) is 38.2 Å². The van der Waals surface area contributed by atoms with E-state index in [0.29, 0.717) is 5.56 Å². The van der Waals surface area contributed by atoms with Crippen LogP contribution in [-0.2, 0) is 16.1 Å². The van der Waals surface area contributed by atoms with E-state index >= 15 is 0 Å². The van der Waals surface area contributed by atoms with Gasteiger partial charge in [0, 0.05) is 19.5 Å². The summed E-state index contributed by atoms with van der Waals surface area (Å²) in [5, 5.41) is 26.2. The molecule has 0 aliphatic carbocycles. The molecule has 2 rings (SSSR count). The Morgan fingerprint density at radius 3 is 2.62 bits per heavy atom. The minimum Gasteiger partial charge on any atom is -0.481 e. The molecular weight excluding hydrogens is 316 g/mol. The molecule has 0 bridgehead atoms. The molecule has 0 aliphatic heterocycles. The summed E-state index contributed by atoms with van der Waals surface area (Å²) in [7, 11) is 0. The molecule has 9 heteroatoms. The quantitative estimate of drug-likeness (QED) is 0.551. The van der Waals surface area contributed by atoms with Crippen LogP contribution in [0, 0.1) is 10.1 Å². The van der Waals surface area contributed by atoms with Gasteiger partial charge in [0.1, 0.15) is 12.4 Å². The maximum atomic E-state index is 11.8. The van der Waals surface area contributed by atoms with Crippen molar-refractivity contribution >= 4 is 17.6 Å². The van der Waals surface area contributed by atoms with Crippen LogP contribution in [0.2, 0.25) is 0 Å². The number of carboxylic acid groups (broad SMARTS) is 1. The zero-order chi connectivity index (χ0) is 17.5. The Balaban J connectivity index is 1.85. The van der Waals surface area contributed by atoms with E-state index in [1.54, 1.807) is 30.3 Å². The second-order valence-corrected chi connectivity index (χ2v) is 5.07. The van der Waals surface area contributed by atoms with Gasteiger partial charge in [-0.1, -0.05) is 30.3 Å². The molecule has 2 aromatic rings. The van der Waals surface area contributed by atoms with Gasteiger partial charge in [-0.2, -0.15) is 5.10 Å². The van der Waals surface area contributed by atoms with Crippen LogP contribution in [0.15, 0.2) is 42.7 Å². The standard InChI is InChI=1S/C15H16N4O5/c20-14(6-7-18-10-12(8-17-18)19(23)24)16-9-13(15(21)22)11-4-2-1-3-5-11/h1-5,8,10,13H,6-7,9H2,(H,16,20)(H,21,22). The zero-order valence-electron chi connectivity index (χ0n) is 12.7. The number of amides is 1. The molecule has 0 radical (unpaired) electrons. The minimum absolute atomic E-state index is 0.0303. The van der Waals surface area contributed by atoms with Crippen LogP contribution in [0.1, 0.15) is 17.9 Å². The lowest BCUT2D eigenvalue weighted by molar-refractivity contribution is -0.385. The van der Waals surface area contributed by atoms with Gasteiger partial charge in [-0.15, -0.1) is 0 Å². The predicted molar refractivity (Wildman–Crippen MR) is 83.3 cm³/mol. The summed E-state index contributed by atoms with van der Waals surface area (Å²) in [5.74, 6) is -2.21. The van der Waals surface area contributed by atoms with Crippen molar-refractivity contribution in [1.29, 1.82) is 0 Å². The zero-order valence-corrected chi connectivity index (χ0v) is 12.7. The summed E-state index contributed by atoms with van der Waals surface area (Å²) in [6, 6.07) is 8.63. The van der Waals surface area contributed by atoms with Crippen molar-refractivity contribution in [2.75, 3.05) is 6.54 Å². The molecule has 9 nitrogen and oxygen atoms in total. The Kier molecular flexibility index (Phi) is 5.61. The second-order valence-electron chi connectivity index (χ2n) is 5.07. The third kappa shape index (κ3) is 4.63. The SMILES string of the molecule is O=C(CCn1cc([N+](=O)[O-])cn1)NCC(C(=O)O)c1ccccc1. The number of aryl methyl sites for hydroxylation is 1. The molecule has 1 aromatic carbocycles. The molecule has 2 N–H and O–H groups in total. The third-order valence-corrected chi connectivity index (χ3v) is 3.40. The van der Waals surface area contributed by atoms with Crippen LogP contribution in [0.3, 0.4) is 0 Å². The normalized spacial score (nSPS) is 11.7. The van der Waals surface area contributed by atoms with Crippen molar-refractivity contribution in [2.24, 2.45) is 0 Å². The monoisotopic (exact) mass is 332 g/mol. The van der Waals surface area contributed by atoms with Crippen LogP contribution in [0.25, 0.3) is 0 Å². The molecule has 1 amide bonds. The van der Waals surface area contributed by atoms with Gasteiger partial charge >= 0.3 is 11.7 Å². The fourth-order valence-electron chi connectivity index (χ4n) is 2.12. The van der Waals surface area contributed by atoms with Gasteiger partial charge in [-0.3, -0.25) is 24.4 Å². The van der Waals surface area contributed by atoms with Gasteiger partial charge in [0.2, 0.25) is 5.91 Å². The molecule has 0 fully saturated rings. The highest BCUT2D eigenvalue weighted by atomic mass is 16.6. The molecule has 0 saturated carbocycles. The Morgan fingerprint density at radius 1 is 1.33 bits per heavy atom. The first-order valence-electron chi connectivity index (χ1n) is 7.18. The average molecular weight is 332 g/mol. The molecule has 126 valence electrons. The van der Waals surface area contributed by atoms with Crippen molar-refractivity contribution in [3.05, 3.63) is 58.4 Å². The van der Waals surface area contributed by atoms with Gasteiger partial charge in [0.15, 0.2) is 0 Å². The fraction of sp³-hybridized carbons (Fsp3) is 0.267. The van der Waals surface area contributed by atoms with Crippen molar-refractivity contribution in [1.82, 2.24) is 15.1 Å². The van der Waals surface area contributed by atoms with Crippen molar-refractivity contribution < 1.29 is 19.6 Å². The van der Waals surface area contributed by atoms with Gasteiger partial charge in [-0.05, 0) is 5.56 Å². The number of aliphatic carboxylic acids is 1. The minimum atomic E-state index is -1.02. The highest BCUT2D eigenvalue weighted by molar-refractivity contribution is 5.79. The molecule has 1 heterocycles. The highest BCUT2D eigenvalue weighted by Gasteiger charge is 2.20. The van der Waals surface area contributed by atoms with E-state index in [4.69, 9.17) is 0 Å². The number of nitro groups is 1. The summed E-state index contributed by atoms with van der Waals surface area (Å²) >= 11 is 0. The first-order valence-corrected chi connectivity index (χ1v) is 7.18. The number of hydrogen-bond donors (Lipinski definition) is 2. The van der Waals surface area contributed by atoms with Gasteiger partial charge in [-0.25, -0.2) is 0 Å². The van der Waals surface area contributed by atoms with E-state index in [1.165, 1.54) is 10.9 Å². The third-order valence-electron chi connectivity index (χ3n) is 3.40. The Labute approximate surface area is 137 Å². The maximum absolute atomic E-state index is 11.8. The number of carbonyl (C=O) groups excluding carboxylic acids is 1. The van der Waals surface area contributed by atoms with Crippen molar-refractivity contribution in [3.63, 3.8) is 0 Å². The maximum Gasteiger partial charge on any atom is 0.312 e. The van der Waals surface area contributed by atoms with Gasteiger partial charge in [0.05, 0.1) is 10.8 Å². The van der Waals surface area contributed by atoms with Crippen LogP contribution < -0.4 is 5.32 Å². The Hall–Kier alpha value is -3.23.